The minimum absolute atomic E-state index is 0.598. The molecule has 0 saturated carbocycles. The van der Waals surface area contributed by atoms with Crippen molar-refractivity contribution >= 4 is 11.9 Å². The zero-order valence-electron chi connectivity index (χ0n) is 8.49. The van der Waals surface area contributed by atoms with Crippen LogP contribution in [0.2, 0.25) is 0 Å². The summed E-state index contributed by atoms with van der Waals surface area (Å²) in [7, 11) is 2.13. The molecule has 1 nitrogen and oxygen atoms in total. The molecule has 1 heterocycles. The van der Waals surface area contributed by atoms with E-state index in [2.05, 4.69) is 56.0 Å². The van der Waals surface area contributed by atoms with Gasteiger partial charge in [-0.1, -0.05) is 32.0 Å². The first-order chi connectivity index (χ1) is 6.20. The number of benzene rings is 1. The average Bonchev–Trinajstić information content (AvgIpc) is 2.45. The lowest BCUT2D eigenvalue weighted by molar-refractivity contribution is -0.396. The van der Waals surface area contributed by atoms with E-state index in [4.69, 9.17) is 0 Å². The van der Waals surface area contributed by atoms with E-state index in [1.165, 1.54) is 11.3 Å². The van der Waals surface area contributed by atoms with E-state index in [0.29, 0.717) is 11.8 Å². The average molecular weight is 174 g/mol. The molecule has 0 amide bonds. The van der Waals surface area contributed by atoms with Crippen LogP contribution >= 0.6 is 0 Å². The van der Waals surface area contributed by atoms with Crippen LogP contribution in [0.25, 0.3) is 0 Å². The Balaban J connectivity index is 2.50. The standard InChI is InChI=1S/C12H16N/c1-9(2)11-8-13(3)12-7-5-4-6-10(11)12/h4-9,11H,1-3H3/q+1. The van der Waals surface area contributed by atoms with Gasteiger partial charge in [-0.3, -0.25) is 0 Å². The van der Waals surface area contributed by atoms with E-state index in [9.17, 15) is 0 Å². The summed E-state index contributed by atoms with van der Waals surface area (Å²) in [6.07, 6.45) is 2.31. The van der Waals surface area contributed by atoms with E-state index < -0.39 is 0 Å². The van der Waals surface area contributed by atoms with Crippen LogP contribution in [0.3, 0.4) is 0 Å². The Morgan fingerprint density at radius 1 is 1.23 bits per heavy atom. The maximum absolute atomic E-state index is 2.31. The zero-order chi connectivity index (χ0) is 9.42. The molecule has 1 aromatic rings. The Morgan fingerprint density at radius 3 is 2.62 bits per heavy atom. The van der Waals surface area contributed by atoms with Crippen LogP contribution in [0, 0.1) is 5.92 Å². The number of para-hydroxylation sites is 1. The molecule has 68 valence electrons. The van der Waals surface area contributed by atoms with Gasteiger partial charge in [0.2, 0.25) is 5.69 Å². The molecular formula is C12H16N+. The first-order valence-corrected chi connectivity index (χ1v) is 4.87. The number of hydrogen-bond acceptors (Lipinski definition) is 0. The van der Waals surface area contributed by atoms with Crippen LogP contribution in [0.15, 0.2) is 24.3 Å². The second kappa shape index (κ2) is 2.99. The number of fused-ring (bicyclic) bond motifs is 1. The van der Waals surface area contributed by atoms with E-state index in [0.717, 1.165) is 0 Å². The van der Waals surface area contributed by atoms with Gasteiger partial charge in [-0.2, -0.15) is 0 Å². The Morgan fingerprint density at radius 2 is 1.92 bits per heavy atom. The summed E-state index contributed by atoms with van der Waals surface area (Å²) in [5.74, 6) is 1.28. The third-order valence-electron chi connectivity index (χ3n) is 2.78. The van der Waals surface area contributed by atoms with Crippen LogP contribution in [0.4, 0.5) is 5.69 Å². The van der Waals surface area contributed by atoms with Crippen LogP contribution in [0.1, 0.15) is 25.3 Å². The summed E-state index contributed by atoms with van der Waals surface area (Å²) in [6.45, 7) is 4.55. The van der Waals surface area contributed by atoms with Gasteiger partial charge in [-0.25, -0.2) is 4.58 Å². The fourth-order valence-corrected chi connectivity index (χ4v) is 2.02. The molecule has 1 unspecified atom stereocenters. The maximum Gasteiger partial charge on any atom is 0.208 e. The van der Waals surface area contributed by atoms with Crippen LogP contribution in [-0.2, 0) is 0 Å². The molecule has 1 heteroatoms. The molecule has 13 heavy (non-hydrogen) atoms. The van der Waals surface area contributed by atoms with Gasteiger partial charge in [-0.15, -0.1) is 0 Å². The first-order valence-electron chi connectivity index (χ1n) is 4.87. The molecule has 0 N–H and O–H groups in total. The predicted molar refractivity (Wildman–Crippen MR) is 55.9 cm³/mol. The molecule has 0 spiro atoms. The van der Waals surface area contributed by atoms with Crippen molar-refractivity contribution in [1.82, 2.24) is 0 Å². The second-order valence-electron chi connectivity index (χ2n) is 4.09. The van der Waals surface area contributed by atoms with Gasteiger partial charge < -0.3 is 0 Å². The monoisotopic (exact) mass is 174 g/mol. The fourth-order valence-electron chi connectivity index (χ4n) is 2.02. The van der Waals surface area contributed by atoms with Crippen LogP contribution in [0.5, 0.6) is 0 Å². The summed E-state index contributed by atoms with van der Waals surface area (Å²) in [6, 6.07) is 8.65. The van der Waals surface area contributed by atoms with Gasteiger partial charge in [0.25, 0.3) is 0 Å². The Bertz CT molecular complexity index is 350. The van der Waals surface area contributed by atoms with Crippen molar-refractivity contribution in [3.8, 4) is 0 Å². The third-order valence-corrected chi connectivity index (χ3v) is 2.78. The number of hydrogen-bond donors (Lipinski definition) is 0. The fraction of sp³-hybridized carbons (Fsp3) is 0.417. The van der Waals surface area contributed by atoms with E-state index in [-0.39, 0.29) is 0 Å². The van der Waals surface area contributed by atoms with Crippen molar-refractivity contribution in [2.75, 3.05) is 7.05 Å². The first kappa shape index (κ1) is 8.49. The van der Waals surface area contributed by atoms with E-state index in [1.807, 2.05) is 0 Å². The van der Waals surface area contributed by atoms with Crippen LogP contribution < -0.4 is 0 Å². The molecule has 0 aromatic heterocycles. The van der Waals surface area contributed by atoms with Gasteiger partial charge in [0.05, 0.1) is 5.92 Å². The summed E-state index contributed by atoms with van der Waals surface area (Å²) in [4.78, 5) is 0. The van der Waals surface area contributed by atoms with Crippen molar-refractivity contribution in [3.63, 3.8) is 0 Å². The molecule has 1 aliphatic heterocycles. The Labute approximate surface area is 79.7 Å². The summed E-state index contributed by atoms with van der Waals surface area (Å²) >= 11 is 0. The quantitative estimate of drug-likeness (QED) is 0.576. The molecule has 0 radical (unpaired) electrons. The normalized spacial score (nSPS) is 20.3. The molecular weight excluding hydrogens is 158 g/mol. The largest absolute Gasteiger partial charge is 0.208 e. The molecule has 0 bridgehead atoms. The SMILES string of the molecule is CC(C)C1C=[N+](C)c2ccccc21. The number of rotatable bonds is 1. The molecule has 0 saturated heterocycles. The lowest BCUT2D eigenvalue weighted by Gasteiger charge is -2.08. The van der Waals surface area contributed by atoms with Gasteiger partial charge in [0.1, 0.15) is 7.05 Å². The van der Waals surface area contributed by atoms with Crippen LogP contribution in [-0.4, -0.2) is 17.8 Å². The Kier molecular flexibility index (Phi) is 1.95. The highest BCUT2D eigenvalue weighted by Gasteiger charge is 2.29. The highest BCUT2D eigenvalue weighted by atomic mass is 15.0. The molecule has 1 atom stereocenters. The van der Waals surface area contributed by atoms with Crippen molar-refractivity contribution in [2.45, 2.75) is 19.8 Å². The molecule has 2 rings (SSSR count). The van der Waals surface area contributed by atoms with Crippen molar-refractivity contribution in [2.24, 2.45) is 5.92 Å². The highest BCUT2D eigenvalue weighted by Crippen LogP contribution is 2.34. The van der Waals surface area contributed by atoms with Gasteiger partial charge in [0, 0.05) is 11.6 Å². The van der Waals surface area contributed by atoms with Gasteiger partial charge in [0.15, 0.2) is 6.21 Å². The van der Waals surface area contributed by atoms with Crippen molar-refractivity contribution in [1.29, 1.82) is 0 Å². The minimum Gasteiger partial charge on any atom is -0.204 e. The minimum atomic E-state index is 0.598. The van der Waals surface area contributed by atoms with Gasteiger partial charge in [-0.05, 0) is 5.92 Å². The summed E-state index contributed by atoms with van der Waals surface area (Å²) < 4.78 is 2.24. The zero-order valence-corrected chi connectivity index (χ0v) is 8.49. The van der Waals surface area contributed by atoms with E-state index in [1.54, 1.807) is 0 Å². The molecule has 1 aromatic carbocycles. The van der Waals surface area contributed by atoms with E-state index >= 15 is 0 Å². The smallest absolute Gasteiger partial charge is 0.204 e. The maximum atomic E-state index is 2.31. The molecule has 1 aliphatic rings. The topological polar surface area (TPSA) is 3.01 Å². The molecule has 0 fully saturated rings. The number of nitrogens with zero attached hydrogens (tertiary/aromatic N) is 1. The lowest BCUT2D eigenvalue weighted by atomic mass is 9.91. The molecule has 0 aliphatic carbocycles. The second-order valence-corrected chi connectivity index (χ2v) is 4.09. The summed E-state index contributed by atoms with van der Waals surface area (Å²) in [5.41, 5.74) is 2.83. The summed E-state index contributed by atoms with van der Waals surface area (Å²) in [5, 5.41) is 0. The predicted octanol–water partition coefficient (Wildman–Crippen LogP) is 2.78. The van der Waals surface area contributed by atoms with Gasteiger partial charge >= 0.3 is 0 Å². The van der Waals surface area contributed by atoms with Crippen molar-refractivity contribution in [3.05, 3.63) is 29.8 Å². The Hall–Kier alpha value is -1.11. The highest BCUT2D eigenvalue weighted by molar-refractivity contribution is 5.72. The van der Waals surface area contributed by atoms with Crippen molar-refractivity contribution < 1.29 is 4.58 Å². The third kappa shape index (κ3) is 1.28. The lowest BCUT2D eigenvalue weighted by Crippen LogP contribution is -2.05.